The van der Waals surface area contributed by atoms with Gasteiger partial charge in [-0.25, -0.2) is 4.98 Å². The zero-order valence-corrected chi connectivity index (χ0v) is 11.8. The molecule has 3 nitrogen and oxygen atoms in total. The number of nitrogens with zero attached hydrogens (tertiary/aromatic N) is 1. The molecule has 100 valence electrons. The van der Waals surface area contributed by atoms with Crippen molar-refractivity contribution in [2.45, 2.75) is 25.3 Å². The normalized spacial score (nSPS) is 14.8. The third kappa shape index (κ3) is 3.50. The molecule has 3 rings (SSSR count). The first-order valence-electron chi connectivity index (χ1n) is 6.35. The van der Waals surface area contributed by atoms with Crippen LogP contribution in [0.5, 0.6) is 0 Å². The summed E-state index contributed by atoms with van der Waals surface area (Å²) in [6.07, 6.45) is 5.09. The van der Waals surface area contributed by atoms with Crippen LogP contribution in [0.25, 0.3) is 11.3 Å². The van der Waals surface area contributed by atoms with E-state index >= 15 is 0 Å². The molecule has 1 saturated carbocycles. The van der Waals surface area contributed by atoms with Gasteiger partial charge in [-0.05, 0) is 31.0 Å². The quantitative estimate of drug-likeness (QED) is 0.908. The summed E-state index contributed by atoms with van der Waals surface area (Å²) in [6.45, 7) is 0.904. The van der Waals surface area contributed by atoms with E-state index in [0.29, 0.717) is 21.8 Å². The molecule has 0 radical (unpaired) electrons. The minimum atomic E-state index is 0.593. The molecule has 1 N–H and O–H groups in total. The number of hydrogen-bond donors (Lipinski definition) is 1. The molecule has 0 bridgehead atoms. The van der Waals surface area contributed by atoms with Crippen LogP contribution in [0, 0.1) is 0 Å². The van der Waals surface area contributed by atoms with E-state index in [-0.39, 0.29) is 0 Å². The van der Waals surface area contributed by atoms with Crippen molar-refractivity contribution in [3.63, 3.8) is 0 Å². The maximum Gasteiger partial charge on any atom is 0.196 e. The van der Waals surface area contributed by atoms with E-state index in [1.54, 1.807) is 12.3 Å². The number of aromatic nitrogens is 1. The lowest BCUT2D eigenvalue weighted by Crippen LogP contribution is -2.19. The molecule has 0 amide bonds. The zero-order chi connectivity index (χ0) is 13.2. The van der Waals surface area contributed by atoms with E-state index in [2.05, 4.69) is 10.3 Å². The zero-order valence-electron chi connectivity index (χ0n) is 10.3. The first-order chi connectivity index (χ1) is 9.20. The fraction of sp³-hybridized carbons (Fsp3) is 0.357. The molecular formula is C14H14Cl2N2O. The molecule has 19 heavy (non-hydrogen) atoms. The SMILES string of the molecule is Clc1cc(Cl)cc(-c2cnc(CCNC3CC3)o2)c1. The standard InChI is InChI=1S/C14H14Cl2N2O/c15-10-5-9(6-11(16)7-10)13-8-18-14(19-13)3-4-17-12-1-2-12/h5-8,12,17H,1-4H2. The molecule has 0 saturated heterocycles. The van der Waals surface area contributed by atoms with Gasteiger partial charge >= 0.3 is 0 Å². The lowest BCUT2D eigenvalue weighted by atomic mass is 10.2. The van der Waals surface area contributed by atoms with Crippen molar-refractivity contribution < 1.29 is 4.42 Å². The first-order valence-corrected chi connectivity index (χ1v) is 7.11. The summed E-state index contributed by atoms with van der Waals surface area (Å²) in [7, 11) is 0. The van der Waals surface area contributed by atoms with Crippen LogP contribution in [0.2, 0.25) is 10.0 Å². The number of benzene rings is 1. The van der Waals surface area contributed by atoms with Crippen LogP contribution in [-0.2, 0) is 6.42 Å². The average Bonchev–Trinajstić information content (AvgIpc) is 3.04. The fourth-order valence-electron chi connectivity index (χ4n) is 1.93. The Morgan fingerprint density at radius 3 is 2.63 bits per heavy atom. The minimum absolute atomic E-state index is 0.593. The van der Waals surface area contributed by atoms with Crippen LogP contribution in [0.4, 0.5) is 0 Å². The van der Waals surface area contributed by atoms with Crippen molar-refractivity contribution in [3.05, 3.63) is 40.3 Å². The van der Waals surface area contributed by atoms with Gasteiger partial charge in [-0.1, -0.05) is 23.2 Å². The highest BCUT2D eigenvalue weighted by Gasteiger charge is 2.20. The third-order valence-corrected chi connectivity index (χ3v) is 3.49. The van der Waals surface area contributed by atoms with E-state index in [4.69, 9.17) is 27.6 Å². The predicted molar refractivity (Wildman–Crippen MR) is 76.7 cm³/mol. The monoisotopic (exact) mass is 296 g/mol. The Morgan fingerprint density at radius 1 is 1.21 bits per heavy atom. The molecule has 0 aliphatic heterocycles. The van der Waals surface area contributed by atoms with Crippen LogP contribution in [0.3, 0.4) is 0 Å². The molecule has 1 fully saturated rings. The van der Waals surface area contributed by atoms with Gasteiger partial charge in [-0.3, -0.25) is 0 Å². The number of halogens is 2. The molecule has 1 aromatic carbocycles. The van der Waals surface area contributed by atoms with Gasteiger partial charge in [0.2, 0.25) is 0 Å². The summed E-state index contributed by atoms with van der Waals surface area (Å²) in [5, 5.41) is 4.62. The Labute approximate surface area is 121 Å². The van der Waals surface area contributed by atoms with Gasteiger partial charge in [0.05, 0.1) is 6.20 Å². The highest BCUT2D eigenvalue weighted by atomic mass is 35.5. The minimum Gasteiger partial charge on any atom is -0.441 e. The summed E-state index contributed by atoms with van der Waals surface area (Å²) >= 11 is 12.0. The highest BCUT2D eigenvalue weighted by molar-refractivity contribution is 6.35. The number of nitrogens with one attached hydrogen (secondary N) is 1. The van der Waals surface area contributed by atoms with Crippen LogP contribution in [0.1, 0.15) is 18.7 Å². The molecule has 1 heterocycles. The number of hydrogen-bond acceptors (Lipinski definition) is 3. The lowest BCUT2D eigenvalue weighted by Gasteiger charge is -2.00. The first kappa shape index (κ1) is 13.0. The second kappa shape index (κ2) is 5.53. The third-order valence-electron chi connectivity index (χ3n) is 3.05. The molecule has 1 aliphatic carbocycles. The van der Waals surface area contributed by atoms with Crippen molar-refractivity contribution in [2.24, 2.45) is 0 Å². The van der Waals surface area contributed by atoms with Gasteiger partial charge in [0.25, 0.3) is 0 Å². The fourth-order valence-corrected chi connectivity index (χ4v) is 2.45. The van der Waals surface area contributed by atoms with Crippen molar-refractivity contribution in [1.29, 1.82) is 0 Å². The molecular weight excluding hydrogens is 283 g/mol. The van der Waals surface area contributed by atoms with Crippen LogP contribution in [0.15, 0.2) is 28.8 Å². The summed E-state index contributed by atoms with van der Waals surface area (Å²) in [5.41, 5.74) is 0.853. The van der Waals surface area contributed by atoms with Gasteiger partial charge in [0, 0.05) is 34.6 Å². The van der Waals surface area contributed by atoms with Crippen molar-refractivity contribution in [1.82, 2.24) is 10.3 Å². The van der Waals surface area contributed by atoms with Gasteiger partial charge in [0.15, 0.2) is 11.7 Å². The second-order valence-corrected chi connectivity index (χ2v) is 5.63. The van der Waals surface area contributed by atoms with Gasteiger partial charge in [0.1, 0.15) is 0 Å². The summed E-state index contributed by atoms with van der Waals surface area (Å²) in [5.74, 6) is 1.44. The molecule has 2 aromatic rings. The van der Waals surface area contributed by atoms with E-state index in [1.165, 1.54) is 12.8 Å². The Bertz CT molecular complexity index is 558. The Kier molecular flexibility index (Phi) is 3.78. The van der Waals surface area contributed by atoms with Crippen LogP contribution in [-0.4, -0.2) is 17.6 Å². The van der Waals surface area contributed by atoms with E-state index in [9.17, 15) is 0 Å². The Hall–Kier alpha value is -1.03. The van der Waals surface area contributed by atoms with E-state index in [0.717, 1.165) is 24.4 Å². The summed E-state index contributed by atoms with van der Waals surface area (Å²) in [4.78, 5) is 4.28. The molecule has 0 atom stereocenters. The molecule has 5 heteroatoms. The highest BCUT2D eigenvalue weighted by Crippen LogP contribution is 2.27. The number of oxazole rings is 1. The molecule has 0 unspecified atom stereocenters. The summed E-state index contributed by atoms with van der Waals surface area (Å²) in [6, 6.07) is 6.05. The Morgan fingerprint density at radius 2 is 1.95 bits per heavy atom. The van der Waals surface area contributed by atoms with Gasteiger partial charge < -0.3 is 9.73 Å². The van der Waals surface area contributed by atoms with Gasteiger partial charge in [-0.15, -0.1) is 0 Å². The van der Waals surface area contributed by atoms with Crippen LogP contribution < -0.4 is 5.32 Å². The second-order valence-electron chi connectivity index (χ2n) is 4.75. The van der Waals surface area contributed by atoms with Gasteiger partial charge in [-0.2, -0.15) is 0 Å². The Balaban J connectivity index is 1.68. The van der Waals surface area contributed by atoms with E-state index < -0.39 is 0 Å². The molecule has 1 aromatic heterocycles. The number of rotatable bonds is 5. The average molecular weight is 297 g/mol. The maximum atomic E-state index is 5.98. The van der Waals surface area contributed by atoms with Crippen molar-refractivity contribution in [2.75, 3.05) is 6.54 Å². The van der Waals surface area contributed by atoms with Crippen molar-refractivity contribution >= 4 is 23.2 Å². The van der Waals surface area contributed by atoms with E-state index in [1.807, 2.05) is 12.1 Å². The maximum absolute atomic E-state index is 5.98. The van der Waals surface area contributed by atoms with Crippen LogP contribution >= 0.6 is 23.2 Å². The smallest absolute Gasteiger partial charge is 0.196 e. The van der Waals surface area contributed by atoms with Crippen molar-refractivity contribution in [3.8, 4) is 11.3 Å². The summed E-state index contributed by atoms with van der Waals surface area (Å²) < 4.78 is 5.71. The molecule has 0 spiro atoms. The lowest BCUT2D eigenvalue weighted by molar-refractivity contribution is 0.494. The topological polar surface area (TPSA) is 38.1 Å². The molecule has 1 aliphatic rings. The largest absolute Gasteiger partial charge is 0.441 e. The predicted octanol–water partition coefficient (Wildman–Crippen LogP) is 3.94.